The molecule has 5 nitrogen and oxygen atoms in total. The van der Waals surface area contributed by atoms with Crippen LogP contribution in [0.25, 0.3) is 0 Å². The molecule has 0 aliphatic carbocycles. The van der Waals surface area contributed by atoms with Crippen LogP contribution in [0.5, 0.6) is 0 Å². The summed E-state index contributed by atoms with van der Waals surface area (Å²) in [5.74, 6) is -0.235. The van der Waals surface area contributed by atoms with E-state index in [1.54, 1.807) is 11.6 Å². The fourth-order valence-corrected chi connectivity index (χ4v) is 3.77. The summed E-state index contributed by atoms with van der Waals surface area (Å²) in [6.07, 6.45) is 0. The molecule has 0 bridgehead atoms. The van der Waals surface area contributed by atoms with Crippen LogP contribution >= 0.6 is 23.2 Å². The van der Waals surface area contributed by atoms with E-state index in [4.69, 9.17) is 23.2 Å². The summed E-state index contributed by atoms with van der Waals surface area (Å²) in [4.78, 5) is 15.0. The highest BCUT2D eigenvalue weighted by Gasteiger charge is 2.22. The van der Waals surface area contributed by atoms with Gasteiger partial charge in [-0.05, 0) is 38.2 Å². The number of aryl methyl sites for hydroxylation is 1. The lowest BCUT2D eigenvalue weighted by Gasteiger charge is -2.25. The van der Waals surface area contributed by atoms with E-state index in [-0.39, 0.29) is 11.9 Å². The SMILES string of the molecule is Cc1nn(Cc2ccccc2Cl)c(Cl)c1C(=O)NCC(c1ccccc1)N(C)C. The van der Waals surface area contributed by atoms with Crippen LogP contribution in [0, 0.1) is 6.92 Å². The van der Waals surface area contributed by atoms with Crippen LogP contribution in [0.15, 0.2) is 54.6 Å². The molecule has 1 N–H and O–H groups in total. The molecular formula is C22H24Cl2N4O. The minimum Gasteiger partial charge on any atom is -0.350 e. The van der Waals surface area contributed by atoms with Gasteiger partial charge in [-0.15, -0.1) is 0 Å². The Balaban J connectivity index is 1.76. The summed E-state index contributed by atoms with van der Waals surface area (Å²) in [6.45, 7) is 2.64. The standard InChI is InChI=1S/C22H24Cl2N4O/c1-15-20(21(24)28(26-15)14-17-11-7-8-12-18(17)23)22(29)25-13-19(27(2)3)16-9-5-4-6-10-16/h4-12,19H,13-14H2,1-3H3,(H,25,29). The second kappa shape index (κ2) is 9.44. The van der Waals surface area contributed by atoms with Gasteiger partial charge in [0.2, 0.25) is 0 Å². The molecule has 29 heavy (non-hydrogen) atoms. The van der Waals surface area contributed by atoms with Crippen LogP contribution in [-0.2, 0) is 6.54 Å². The zero-order chi connectivity index (χ0) is 21.0. The van der Waals surface area contributed by atoms with Crippen LogP contribution in [0.1, 0.15) is 33.2 Å². The topological polar surface area (TPSA) is 50.2 Å². The van der Waals surface area contributed by atoms with Gasteiger partial charge in [-0.25, -0.2) is 4.68 Å². The molecule has 0 aliphatic rings. The third-order valence-electron chi connectivity index (χ3n) is 4.83. The average Bonchev–Trinajstić information content (AvgIpc) is 2.97. The van der Waals surface area contributed by atoms with E-state index in [1.807, 2.05) is 56.6 Å². The van der Waals surface area contributed by atoms with Gasteiger partial charge in [-0.1, -0.05) is 71.7 Å². The summed E-state index contributed by atoms with van der Waals surface area (Å²) >= 11 is 12.7. The van der Waals surface area contributed by atoms with Crippen molar-refractivity contribution in [3.05, 3.63) is 87.2 Å². The van der Waals surface area contributed by atoms with E-state index in [2.05, 4.69) is 27.4 Å². The van der Waals surface area contributed by atoms with Crippen molar-refractivity contribution >= 4 is 29.1 Å². The maximum Gasteiger partial charge on any atom is 0.256 e. The van der Waals surface area contributed by atoms with Gasteiger partial charge >= 0.3 is 0 Å². The Bertz CT molecular complexity index is 986. The quantitative estimate of drug-likeness (QED) is 0.596. The molecule has 0 saturated heterocycles. The highest BCUT2D eigenvalue weighted by atomic mass is 35.5. The fraction of sp³-hybridized carbons (Fsp3) is 0.273. The van der Waals surface area contributed by atoms with Crippen molar-refractivity contribution in [2.75, 3.05) is 20.6 Å². The molecule has 152 valence electrons. The van der Waals surface area contributed by atoms with E-state index in [0.717, 1.165) is 11.1 Å². The predicted molar refractivity (Wildman–Crippen MR) is 118 cm³/mol. The molecule has 1 amide bonds. The van der Waals surface area contributed by atoms with Crippen molar-refractivity contribution in [1.29, 1.82) is 0 Å². The van der Waals surface area contributed by atoms with E-state index < -0.39 is 0 Å². The second-order valence-electron chi connectivity index (χ2n) is 7.10. The highest BCUT2D eigenvalue weighted by molar-refractivity contribution is 6.33. The lowest BCUT2D eigenvalue weighted by Crippen LogP contribution is -2.34. The molecule has 1 atom stereocenters. The number of nitrogens with zero attached hydrogens (tertiary/aromatic N) is 3. The maximum atomic E-state index is 12.9. The number of aromatic nitrogens is 2. The van der Waals surface area contributed by atoms with E-state index >= 15 is 0 Å². The molecule has 2 aromatic carbocycles. The summed E-state index contributed by atoms with van der Waals surface area (Å²) < 4.78 is 1.60. The molecule has 1 heterocycles. The number of hydrogen-bond donors (Lipinski definition) is 1. The van der Waals surface area contributed by atoms with E-state index in [9.17, 15) is 4.79 Å². The molecule has 7 heteroatoms. The summed E-state index contributed by atoms with van der Waals surface area (Å²) in [7, 11) is 3.98. The fourth-order valence-electron chi connectivity index (χ4n) is 3.26. The molecule has 0 spiro atoms. The van der Waals surface area contributed by atoms with Crippen molar-refractivity contribution in [3.8, 4) is 0 Å². The second-order valence-corrected chi connectivity index (χ2v) is 7.87. The lowest BCUT2D eigenvalue weighted by atomic mass is 10.1. The number of halogens is 2. The molecule has 1 aromatic heterocycles. The highest BCUT2D eigenvalue weighted by Crippen LogP contribution is 2.24. The molecule has 3 aromatic rings. The van der Waals surface area contributed by atoms with Gasteiger partial charge < -0.3 is 10.2 Å². The molecule has 3 rings (SSSR count). The number of carbonyl (C=O) groups excluding carboxylic acids is 1. The van der Waals surface area contributed by atoms with Gasteiger partial charge in [0.15, 0.2) is 0 Å². The molecule has 0 fully saturated rings. The zero-order valence-electron chi connectivity index (χ0n) is 16.7. The van der Waals surface area contributed by atoms with Gasteiger partial charge in [0, 0.05) is 11.6 Å². The average molecular weight is 431 g/mol. The van der Waals surface area contributed by atoms with Gasteiger partial charge in [-0.3, -0.25) is 4.79 Å². The first-order chi connectivity index (χ1) is 13.9. The van der Waals surface area contributed by atoms with Crippen LogP contribution in [0.3, 0.4) is 0 Å². The van der Waals surface area contributed by atoms with Gasteiger partial charge in [0.05, 0.1) is 23.8 Å². The molecule has 1 unspecified atom stereocenters. The van der Waals surface area contributed by atoms with Crippen molar-refractivity contribution in [2.24, 2.45) is 0 Å². The maximum absolute atomic E-state index is 12.9. The van der Waals surface area contributed by atoms with Gasteiger partial charge in [0.1, 0.15) is 5.15 Å². The third kappa shape index (κ3) is 4.99. The van der Waals surface area contributed by atoms with Crippen molar-refractivity contribution in [1.82, 2.24) is 20.0 Å². The predicted octanol–water partition coefficient (Wildman–Crippen LogP) is 4.58. The smallest absolute Gasteiger partial charge is 0.256 e. The Labute approximate surface area is 181 Å². The van der Waals surface area contributed by atoms with E-state index in [0.29, 0.717) is 34.5 Å². The first-order valence-corrected chi connectivity index (χ1v) is 10.1. The summed E-state index contributed by atoms with van der Waals surface area (Å²) in [5.41, 5.74) is 3.00. The number of carbonyl (C=O) groups is 1. The number of likely N-dealkylation sites (N-methyl/N-ethyl adjacent to an activating group) is 1. The summed E-state index contributed by atoms with van der Waals surface area (Å²) in [6, 6.07) is 17.6. The van der Waals surface area contributed by atoms with Crippen molar-refractivity contribution in [3.63, 3.8) is 0 Å². The monoisotopic (exact) mass is 430 g/mol. The first kappa shape index (κ1) is 21.4. The van der Waals surface area contributed by atoms with Gasteiger partial charge in [-0.2, -0.15) is 5.10 Å². The van der Waals surface area contributed by atoms with E-state index in [1.165, 1.54) is 0 Å². The normalized spacial score (nSPS) is 12.2. The number of hydrogen-bond acceptors (Lipinski definition) is 3. The first-order valence-electron chi connectivity index (χ1n) is 9.34. The molecular weight excluding hydrogens is 407 g/mol. The Morgan fingerprint density at radius 2 is 1.76 bits per heavy atom. The van der Waals surface area contributed by atoms with Crippen LogP contribution < -0.4 is 5.32 Å². The molecule has 0 aliphatic heterocycles. The van der Waals surface area contributed by atoms with Crippen molar-refractivity contribution in [2.45, 2.75) is 19.5 Å². The summed E-state index contributed by atoms with van der Waals surface area (Å²) in [5, 5.41) is 8.39. The van der Waals surface area contributed by atoms with Crippen LogP contribution in [-0.4, -0.2) is 41.2 Å². The zero-order valence-corrected chi connectivity index (χ0v) is 18.2. The van der Waals surface area contributed by atoms with Crippen molar-refractivity contribution < 1.29 is 4.79 Å². The Kier molecular flexibility index (Phi) is 6.96. The lowest BCUT2D eigenvalue weighted by molar-refractivity contribution is 0.0941. The number of rotatable bonds is 7. The number of benzene rings is 2. The Morgan fingerprint density at radius 3 is 2.41 bits per heavy atom. The Morgan fingerprint density at radius 1 is 1.10 bits per heavy atom. The number of amides is 1. The van der Waals surface area contributed by atoms with Crippen LogP contribution in [0.4, 0.5) is 0 Å². The minimum atomic E-state index is -0.235. The third-order valence-corrected chi connectivity index (χ3v) is 5.59. The Hall–Kier alpha value is -2.34. The molecule has 0 radical (unpaired) electrons. The molecule has 0 saturated carbocycles. The minimum absolute atomic E-state index is 0.0531. The largest absolute Gasteiger partial charge is 0.350 e. The number of nitrogens with one attached hydrogen (secondary N) is 1. The van der Waals surface area contributed by atoms with Crippen LogP contribution in [0.2, 0.25) is 10.2 Å². The van der Waals surface area contributed by atoms with Gasteiger partial charge in [0.25, 0.3) is 5.91 Å².